The molecule has 3 aromatic rings. The van der Waals surface area contributed by atoms with E-state index in [2.05, 4.69) is 5.32 Å². The van der Waals surface area contributed by atoms with Gasteiger partial charge in [-0.25, -0.2) is 4.39 Å². The van der Waals surface area contributed by atoms with Crippen LogP contribution in [-0.2, 0) is 4.79 Å². The van der Waals surface area contributed by atoms with Crippen LogP contribution in [0.2, 0.25) is 0 Å². The second-order valence-electron chi connectivity index (χ2n) is 7.05. The maximum absolute atomic E-state index is 13.5. The van der Waals surface area contributed by atoms with E-state index in [1.54, 1.807) is 48.0 Å². The largest absolute Gasteiger partial charge is 0.497 e. The molecule has 3 aromatic carbocycles. The molecule has 4 rings (SSSR count). The van der Waals surface area contributed by atoms with Gasteiger partial charge in [0.15, 0.2) is 0 Å². The van der Waals surface area contributed by atoms with E-state index < -0.39 is 6.04 Å². The SMILES string of the molecule is COc1ccc(C(=O)N2C(C(=O)Nc3ccc(F)cc3)CSC2c2ccccc2)cc1. The van der Waals surface area contributed by atoms with Crippen LogP contribution >= 0.6 is 11.8 Å². The molecule has 1 fully saturated rings. The van der Waals surface area contributed by atoms with Gasteiger partial charge >= 0.3 is 0 Å². The Balaban J connectivity index is 1.63. The fourth-order valence-electron chi connectivity index (χ4n) is 3.47. The lowest BCUT2D eigenvalue weighted by Gasteiger charge is -2.29. The van der Waals surface area contributed by atoms with E-state index in [9.17, 15) is 14.0 Å². The smallest absolute Gasteiger partial charge is 0.255 e. The minimum Gasteiger partial charge on any atom is -0.497 e. The highest BCUT2D eigenvalue weighted by molar-refractivity contribution is 7.99. The molecule has 1 N–H and O–H groups in total. The molecular weight excluding hydrogens is 415 g/mol. The maximum Gasteiger partial charge on any atom is 0.255 e. The van der Waals surface area contributed by atoms with Crippen LogP contribution in [0.15, 0.2) is 78.9 Å². The molecule has 2 amide bonds. The number of amides is 2. The summed E-state index contributed by atoms with van der Waals surface area (Å²) in [5, 5.41) is 2.51. The number of nitrogens with one attached hydrogen (secondary N) is 1. The van der Waals surface area contributed by atoms with Crippen molar-refractivity contribution in [1.82, 2.24) is 4.90 Å². The molecule has 1 heterocycles. The Morgan fingerprint density at radius 3 is 2.32 bits per heavy atom. The van der Waals surface area contributed by atoms with Gasteiger partial charge in [0.2, 0.25) is 5.91 Å². The van der Waals surface area contributed by atoms with Crippen molar-refractivity contribution in [3.8, 4) is 5.75 Å². The van der Waals surface area contributed by atoms with Gasteiger partial charge in [-0.1, -0.05) is 30.3 Å². The van der Waals surface area contributed by atoms with Crippen molar-refractivity contribution in [2.24, 2.45) is 0 Å². The molecule has 1 aliphatic heterocycles. The summed E-state index contributed by atoms with van der Waals surface area (Å²) < 4.78 is 18.4. The molecule has 0 spiro atoms. The Kier molecular flexibility index (Phi) is 6.23. The van der Waals surface area contributed by atoms with E-state index in [4.69, 9.17) is 4.74 Å². The second-order valence-corrected chi connectivity index (χ2v) is 8.16. The number of carbonyl (C=O) groups is 2. The lowest BCUT2D eigenvalue weighted by molar-refractivity contribution is -0.119. The topological polar surface area (TPSA) is 58.6 Å². The van der Waals surface area contributed by atoms with Crippen LogP contribution in [0.5, 0.6) is 5.75 Å². The molecule has 5 nitrogen and oxygen atoms in total. The highest BCUT2D eigenvalue weighted by Gasteiger charge is 2.42. The number of ether oxygens (including phenoxy) is 1. The Hall–Kier alpha value is -3.32. The molecule has 0 saturated carbocycles. The number of rotatable bonds is 5. The lowest BCUT2D eigenvalue weighted by atomic mass is 10.1. The molecule has 158 valence electrons. The molecule has 1 saturated heterocycles. The number of hydrogen-bond acceptors (Lipinski definition) is 4. The van der Waals surface area contributed by atoms with Crippen molar-refractivity contribution in [1.29, 1.82) is 0 Å². The van der Waals surface area contributed by atoms with Crippen LogP contribution in [0.3, 0.4) is 0 Å². The van der Waals surface area contributed by atoms with Crippen molar-refractivity contribution in [2.45, 2.75) is 11.4 Å². The Bertz CT molecular complexity index is 1060. The molecule has 2 unspecified atom stereocenters. The highest BCUT2D eigenvalue weighted by Crippen LogP contribution is 2.42. The number of nitrogens with zero attached hydrogens (tertiary/aromatic N) is 1. The minimum absolute atomic E-state index is 0.235. The van der Waals surface area contributed by atoms with Crippen molar-refractivity contribution in [3.63, 3.8) is 0 Å². The predicted octanol–water partition coefficient (Wildman–Crippen LogP) is 4.73. The summed E-state index contributed by atoms with van der Waals surface area (Å²) in [6.07, 6.45) is 0. The van der Waals surface area contributed by atoms with E-state index >= 15 is 0 Å². The van der Waals surface area contributed by atoms with Gasteiger partial charge in [-0.15, -0.1) is 11.8 Å². The van der Waals surface area contributed by atoms with E-state index in [-0.39, 0.29) is 23.0 Å². The molecule has 2 atom stereocenters. The first-order chi connectivity index (χ1) is 15.1. The maximum atomic E-state index is 13.5. The number of carbonyl (C=O) groups excluding carboxylic acids is 2. The number of hydrogen-bond donors (Lipinski definition) is 1. The summed E-state index contributed by atoms with van der Waals surface area (Å²) >= 11 is 1.54. The van der Waals surface area contributed by atoms with E-state index in [0.717, 1.165) is 5.56 Å². The van der Waals surface area contributed by atoms with E-state index in [0.29, 0.717) is 22.8 Å². The number of anilines is 1. The molecule has 31 heavy (non-hydrogen) atoms. The first-order valence-corrected chi connectivity index (χ1v) is 10.8. The fraction of sp³-hybridized carbons (Fsp3) is 0.167. The molecule has 0 aliphatic carbocycles. The average molecular weight is 437 g/mol. The fourth-order valence-corrected chi connectivity index (χ4v) is 4.90. The van der Waals surface area contributed by atoms with E-state index in [1.165, 1.54) is 24.3 Å². The number of thioether (sulfide) groups is 1. The normalized spacial score (nSPS) is 17.9. The van der Waals surface area contributed by atoms with Gasteiger partial charge in [-0.2, -0.15) is 0 Å². The van der Waals surface area contributed by atoms with Crippen LogP contribution in [0.1, 0.15) is 21.3 Å². The van der Waals surface area contributed by atoms with Crippen molar-refractivity contribution < 1.29 is 18.7 Å². The van der Waals surface area contributed by atoms with Crippen LogP contribution in [-0.4, -0.2) is 35.6 Å². The minimum atomic E-state index is -0.671. The van der Waals surface area contributed by atoms with Crippen molar-refractivity contribution >= 4 is 29.3 Å². The van der Waals surface area contributed by atoms with Crippen LogP contribution < -0.4 is 10.1 Å². The summed E-state index contributed by atoms with van der Waals surface area (Å²) in [7, 11) is 1.56. The van der Waals surface area contributed by atoms with Gasteiger partial charge < -0.3 is 15.0 Å². The zero-order chi connectivity index (χ0) is 21.8. The standard InChI is InChI=1S/C24H21FN2O3S/c1-30-20-13-7-16(8-14-20)23(29)27-21(15-31-24(27)17-5-3-2-4-6-17)22(28)26-19-11-9-18(25)10-12-19/h2-14,21,24H,15H2,1H3,(H,26,28). The zero-order valence-corrected chi connectivity index (χ0v) is 17.6. The van der Waals surface area contributed by atoms with Crippen LogP contribution in [0.25, 0.3) is 0 Å². The summed E-state index contributed by atoms with van der Waals surface area (Å²) in [5.74, 6) is 0.182. The summed E-state index contributed by atoms with van der Waals surface area (Å²) in [6.45, 7) is 0. The predicted molar refractivity (Wildman–Crippen MR) is 120 cm³/mol. The van der Waals surface area contributed by atoms with Crippen LogP contribution in [0, 0.1) is 5.82 Å². The monoisotopic (exact) mass is 436 g/mol. The highest BCUT2D eigenvalue weighted by atomic mass is 32.2. The van der Waals surface area contributed by atoms with Crippen molar-refractivity contribution in [3.05, 3.63) is 95.8 Å². The van der Waals surface area contributed by atoms with E-state index in [1.807, 2.05) is 30.3 Å². The molecule has 7 heteroatoms. The van der Waals surface area contributed by atoms with Gasteiger partial charge in [-0.3, -0.25) is 9.59 Å². The third kappa shape index (κ3) is 4.56. The lowest BCUT2D eigenvalue weighted by Crippen LogP contribution is -2.45. The first-order valence-electron chi connectivity index (χ1n) is 9.76. The Labute approximate surface area is 184 Å². The zero-order valence-electron chi connectivity index (χ0n) is 16.8. The summed E-state index contributed by atoms with van der Waals surface area (Å²) in [4.78, 5) is 28.2. The number of benzene rings is 3. The quantitative estimate of drug-likeness (QED) is 0.628. The van der Waals surface area contributed by atoms with Crippen LogP contribution in [0.4, 0.5) is 10.1 Å². The molecule has 0 bridgehead atoms. The third-order valence-electron chi connectivity index (χ3n) is 5.07. The first kappa shape index (κ1) is 20.9. The van der Waals surface area contributed by atoms with Crippen molar-refractivity contribution in [2.75, 3.05) is 18.2 Å². The van der Waals surface area contributed by atoms with Gasteiger partial charge in [0, 0.05) is 17.0 Å². The average Bonchev–Trinajstić information content (AvgIpc) is 3.26. The molecule has 1 aliphatic rings. The van der Waals surface area contributed by atoms with Gasteiger partial charge in [0.05, 0.1) is 7.11 Å². The summed E-state index contributed by atoms with van der Waals surface area (Å²) in [5.41, 5.74) is 1.91. The Morgan fingerprint density at radius 2 is 1.68 bits per heavy atom. The summed E-state index contributed by atoms with van der Waals surface area (Å²) in [6, 6.07) is 21.4. The molecule has 0 radical (unpaired) electrons. The Morgan fingerprint density at radius 1 is 1.00 bits per heavy atom. The number of halogens is 1. The van der Waals surface area contributed by atoms with Gasteiger partial charge in [0.25, 0.3) is 5.91 Å². The van der Waals surface area contributed by atoms with Gasteiger partial charge in [-0.05, 0) is 54.1 Å². The molecule has 0 aromatic heterocycles. The third-order valence-corrected chi connectivity index (χ3v) is 6.39. The molecular formula is C24H21FN2O3S. The number of methoxy groups -OCH3 is 1. The van der Waals surface area contributed by atoms with Gasteiger partial charge in [0.1, 0.15) is 23.0 Å². The second kappa shape index (κ2) is 9.22.